The van der Waals surface area contributed by atoms with Crippen molar-refractivity contribution in [2.24, 2.45) is 11.8 Å². The molecular formula is C13H27N. The molecule has 0 aromatic heterocycles. The van der Waals surface area contributed by atoms with Gasteiger partial charge in [-0.3, -0.25) is 0 Å². The van der Waals surface area contributed by atoms with E-state index in [4.69, 9.17) is 0 Å². The maximum Gasteiger partial charge on any atom is 0.0120 e. The van der Waals surface area contributed by atoms with E-state index in [1.54, 1.807) is 0 Å². The van der Waals surface area contributed by atoms with E-state index in [9.17, 15) is 0 Å². The summed E-state index contributed by atoms with van der Waals surface area (Å²) < 4.78 is 0. The van der Waals surface area contributed by atoms with E-state index in [0.29, 0.717) is 0 Å². The normalized spacial score (nSPS) is 28.7. The van der Waals surface area contributed by atoms with E-state index in [2.05, 4.69) is 32.8 Å². The largest absolute Gasteiger partial charge is 0.306 e. The second kappa shape index (κ2) is 5.75. The smallest absolute Gasteiger partial charge is 0.0120 e. The van der Waals surface area contributed by atoms with Crippen LogP contribution in [0.2, 0.25) is 0 Å². The molecular weight excluding hydrogens is 170 g/mol. The highest BCUT2D eigenvalue weighted by molar-refractivity contribution is 4.84. The fourth-order valence-electron chi connectivity index (χ4n) is 3.23. The third kappa shape index (κ3) is 2.73. The quantitative estimate of drug-likeness (QED) is 0.666. The summed E-state index contributed by atoms with van der Waals surface area (Å²) in [4.78, 5) is 2.46. The molecule has 0 radical (unpaired) electrons. The minimum absolute atomic E-state index is 0.855. The Labute approximate surface area is 89.9 Å². The molecule has 1 saturated carbocycles. The molecule has 0 heterocycles. The highest BCUT2D eigenvalue weighted by Gasteiger charge is 2.30. The van der Waals surface area contributed by atoms with E-state index in [0.717, 1.165) is 17.9 Å². The summed E-state index contributed by atoms with van der Waals surface area (Å²) >= 11 is 0. The summed E-state index contributed by atoms with van der Waals surface area (Å²) in [5, 5.41) is 0. The van der Waals surface area contributed by atoms with Crippen LogP contribution < -0.4 is 0 Å². The molecule has 0 bridgehead atoms. The van der Waals surface area contributed by atoms with E-state index in [-0.39, 0.29) is 0 Å². The molecule has 2 atom stereocenters. The Morgan fingerprint density at radius 1 is 1.07 bits per heavy atom. The minimum atomic E-state index is 0.855. The van der Waals surface area contributed by atoms with Gasteiger partial charge in [0, 0.05) is 6.04 Å². The Hall–Kier alpha value is -0.0400. The first kappa shape index (κ1) is 12.0. The number of nitrogens with zero attached hydrogens (tertiary/aromatic N) is 1. The van der Waals surface area contributed by atoms with Crippen LogP contribution >= 0.6 is 0 Å². The lowest BCUT2D eigenvalue weighted by Gasteiger charge is -2.40. The van der Waals surface area contributed by atoms with Crippen molar-refractivity contribution in [3.8, 4) is 0 Å². The molecule has 0 amide bonds. The van der Waals surface area contributed by atoms with Gasteiger partial charge in [0.25, 0.3) is 0 Å². The molecule has 0 aromatic rings. The molecule has 0 aliphatic heterocycles. The van der Waals surface area contributed by atoms with Gasteiger partial charge in [-0.05, 0) is 38.8 Å². The minimum Gasteiger partial charge on any atom is -0.306 e. The van der Waals surface area contributed by atoms with Crippen molar-refractivity contribution in [3.63, 3.8) is 0 Å². The molecule has 1 aliphatic rings. The molecule has 2 unspecified atom stereocenters. The third-order valence-corrected chi connectivity index (χ3v) is 4.10. The number of hydrogen-bond donors (Lipinski definition) is 0. The lowest BCUT2D eigenvalue weighted by molar-refractivity contribution is 0.103. The van der Waals surface area contributed by atoms with E-state index in [1.807, 2.05) is 0 Å². The highest BCUT2D eigenvalue weighted by Crippen LogP contribution is 2.35. The van der Waals surface area contributed by atoms with Gasteiger partial charge in [0.15, 0.2) is 0 Å². The first-order valence-corrected chi connectivity index (χ1v) is 6.37. The maximum absolute atomic E-state index is 2.46. The Morgan fingerprint density at radius 3 is 2.14 bits per heavy atom. The monoisotopic (exact) mass is 197 g/mol. The Kier molecular flexibility index (Phi) is 4.94. The summed E-state index contributed by atoms with van der Waals surface area (Å²) in [5.74, 6) is 1.93. The van der Waals surface area contributed by atoms with Gasteiger partial charge in [0.1, 0.15) is 0 Å². The molecule has 1 fully saturated rings. The van der Waals surface area contributed by atoms with Crippen LogP contribution in [0.25, 0.3) is 0 Å². The zero-order chi connectivity index (χ0) is 10.6. The zero-order valence-corrected chi connectivity index (χ0v) is 10.4. The van der Waals surface area contributed by atoms with Crippen LogP contribution in [-0.4, -0.2) is 25.0 Å². The van der Waals surface area contributed by atoms with Crippen LogP contribution in [0.1, 0.15) is 52.4 Å². The van der Waals surface area contributed by atoms with E-state index >= 15 is 0 Å². The fraction of sp³-hybridized carbons (Fsp3) is 1.00. The molecule has 1 aliphatic carbocycles. The van der Waals surface area contributed by atoms with Gasteiger partial charge in [-0.15, -0.1) is 0 Å². The molecule has 1 rings (SSSR count). The molecule has 1 nitrogen and oxygen atoms in total. The SMILES string of the molecule is CCC(CC)C1CCCCC1N(C)C. The molecule has 0 N–H and O–H groups in total. The number of rotatable bonds is 4. The Bertz CT molecular complexity index is 149. The van der Waals surface area contributed by atoms with E-state index < -0.39 is 0 Å². The van der Waals surface area contributed by atoms with Gasteiger partial charge in [0.2, 0.25) is 0 Å². The highest BCUT2D eigenvalue weighted by atomic mass is 15.1. The fourth-order valence-corrected chi connectivity index (χ4v) is 3.23. The van der Waals surface area contributed by atoms with Gasteiger partial charge in [-0.25, -0.2) is 0 Å². The molecule has 1 heteroatoms. The summed E-state index contributed by atoms with van der Waals surface area (Å²) in [6.45, 7) is 4.71. The van der Waals surface area contributed by atoms with Crippen LogP contribution in [0.4, 0.5) is 0 Å². The maximum atomic E-state index is 2.46. The zero-order valence-electron chi connectivity index (χ0n) is 10.4. The second-order valence-corrected chi connectivity index (χ2v) is 5.06. The van der Waals surface area contributed by atoms with Crippen molar-refractivity contribution in [1.29, 1.82) is 0 Å². The van der Waals surface area contributed by atoms with Crippen LogP contribution in [-0.2, 0) is 0 Å². The predicted molar refractivity (Wildman–Crippen MR) is 63.5 cm³/mol. The van der Waals surface area contributed by atoms with Gasteiger partial charge in [-0.2, -0.15) is 0 Å². The van der Waals surface area contributed by atoms with Crippen LogP contribution in [0.3, 0.4) is 0 Å². The summed E-state index contributed by atoms with van der Waals surface area (Å²) in [6.07, 6.45) is 8.53. The first-order chi connectivity index (χ1) is 6.70. The van der Waals surface area contributed by atoms with Crippen LogP contribution in [0.15, 0.2) is 0 Å². The van der Waals surface area contributed by atoms with Gasteiger partial charge < -0.3 is 4.90 Å². The predicted octanol–water partition coefficient (Wildman–Crippen LogP) is 3.54. The first-order valence-electron chi connectivity index (χ1n) is 6.37. The van der Waals surface area contributed by atoms with Crippen LogP contribution in [0.5, 0.6) is 0 Å². The van der Waals surface area contributed by atoms with Crippen molar-refractivity contribution in [2.75, 3.05) is 14.1 Å². The van der Waals surface area contributed by atoms with Crippen molar-refractivity contribution < 1.29 is 0 Å². The number of hydrogen-bond acceptors (Lipinski definition) is 1. The topological polar surface area (TPSA) is 3.24 Å². The average molecular weight is 197 g/mol. The van der Waals surface area contributed by atoms with Crippen LogP contribution in [0, 0.1) is 11.8 Å². The lowest BCUT2D eigenvalue weighted by Crippen LogP contribution is -2.40. The molecule has 84 valence electrons. The average Bonchev–Trinajstić information content (AvgIpc) is 2.20. The summed E-state index contributed by atoms with van der Waals surface area (Å²) in [5.41, 5.74) is 0. The van der Waals surface area contributed by atoms with Crippen molar-refractivity contribution >= 4 is 0 Å². The summed E-state index contributed by atoms with van der Waals surface area (Å²) in [7, 11) is 4.51. The van der Waals surface area contributed by atoms with Gasteiger partial charge in [-0.1, -0.05) is 39.5 Å². The Morgan fingerprint density at radius 2 is 1.64 bits per heavy atom. The Balaban J connectivity index is 2.61. The van der Waals surface area contributed by atoms with Gasteiger partial charge in [0.05, 0.1) is 0 Å². The molecule has 14 heavy (non-hydrogen) atoms. The molecule has 0 spiro atoms. The van der Waals surface area contributed by atoms with Crippen molar-refractivity contribution in [3.05, 3.63) is 0 Å². The summed E-state index contributed by atoms with van der Waals surface area (Å²) in [6, 6.07) is 0.855. The van der Waals surface area contributed by atoms with Crippen molar-refractivity contribution in [1.82, 2.24) is 4.90 Å². The molecule has 0 aromatic carbocycles. The lowest BCUT2D eigenvalue weighted by atomic mass is 9.74. The second-order valence-electron chi connectivity index (χ2n) is 5.06. The van der Waals surface area contributed by atoms with E-state index in [1.165, 1.54) is 38.5 Å². The van der Waals surface area contributed by atoms with Gasteiger partial charge >= 0.3 is 0 Å². The van der Waals surface area contributed by atoms with Crippen molar-refractivity contribution in [2.45, 2.75) is 58.4 Å². The third-order valence-electron chi connectivity index (χ3n) is 4.10. The standard InChI is InChI=1S/C13H27N/c1-5-11(6-2)12-9-7-8-10-13(12)14(3)4/h11-13H,5-10H2,1-4H3. The molecule has 0 saturated heterocycles.